The van der Waals surface area contributed by atoms with Crippen molar-refractivity contribution in [3.63, 3.8) is 0 Å². The molecular formula is C20H19BrN2O2. The van der Waals surface area contributed by atoms with Crippen molar-refractivity contribution >= 4 is 39.3 Å². The molecule has 0 N–H and O–H groups in total. The third-order valence-electron chi connectivity index (χ3n) is 4.28. The number of hydrogen-bond donors (Lipinski definition) is 0. The first-order valence-corrected chi connectivity index (χ1v) is 8.72. The van der Waals surface area contributed by atoms with Gasteiger partial charge in [0.2, 0.25) is 0 Å². The van der Waals surface area contributed by atoms with Crippen molar-refractivity contribution in [2.75, 3.05) is 12.1 Å². The van der Waals surface area contributed by atoms with Crippen molar-refractivity contribution < 1.29 is 9.53 Å². The molecule has 0 bridgehead atoms. The Balaban J connectivity index is 1.94. The van der Waals surface area contributed by atoms with Gasteiger partial charge < -0.3 is 4.74 Å². The summed E-state index contributed by atoms with van der Waals surface area (Å²) in [7, 11) is 1.62. The number of halogens is 1. The molecule has 4 nitrogen and oxygen atoms in total. The first-order chi connectivity index (χ1) is 11.9. The molecule has 0 saturated heterocycles. The van der Waals surface area contributed by atoms with Gasteiger partial charge in [-0.15, -0.1) is 0 Å². The summed E-state index contributed by atoms with van der Waals surface area (Å²) in [6.07, 6.45) is 1.85. The minimum absolute atomic E-state index is 0.118. The van der Waals surface area contributed by atoms with Crippen molar-refractivity contribution in [2.45, 2.75) is 20.8 Å². The second kappa shape index (κ2) is 6.84. The molecule has 1 heterocycles. The summed E-state index contributed by atoms with van der Waals surface area (Å²) in [6.45, 7) is 5.93. The van der Waals surface area contributed by atoms with Gasteiger partial charge in [-0.1, -0.05) is 12.1 Å². The highest BCUT2D eigenvalue weighted by Crippen LogP contribution is 2.29. The summed E-state index contributed by atoms with van der Waals surface area (Å²) in [5.41, 5.74) is 5.31. The van der Waals surface area contributed by atoms with Crippen molar-refractivity contribution in [1.29, 1.82) is 0 Å². The maximum atomic E-state index is 12.8. The van der Waals surface area contributed by atoms with Crippen LogP contribution in [0.2, 0.25) is 0 Å². The van der Waals surface area contributed by atoms with Crippen LogP contribution >= 0.6 is 15.9 Å². The lowest BCUT2D eigenvalue weighted by Crippen LogP contribution is -2.21. The molecule has 3 rings (SSSR count). The zero-order valence-electron chi connectivity index (χ0n) is 14.6. The van der Waals surface area contributed by atoms with Crippen LogP contribution in [-0.4, -0.2) is 18.7 Å². The predicted octanol–water partition coefficient (Wildman–Crippen LogP) is 4.88. The molecule has 1 aliphatic heterocycles. The molecule has 0 fully saturated rings. The van der Waals surface area contributed by atoms with Gasteiger partial charge in [0.1, 0.15) is 5.75 Å². The molecule has 25 heavy (non-hydrogen) atoms. The summed E-state index contributed by atoms with van der Waals surface area (Å²) in [5, 5.41) is 5.90. The Hall–Kier alpha value is -2.40. The molecule has 128 valence electrons. The average molecular weight is 399 g/mol. The fourth-order valence-electron chi connectivity index (χ4n) is 2.66. The Kier molecular flexibility index (Phi) is 4.77. The zero-order valence-corrected chi connectivity index (χ0v) is 16.2. The fraction of sp³-hybridized carbons (Fsp3) is 0.200. The van der Waals surface area contributed by atoms with E-state index in [2.05, 4.69) is 21.0 Å². The van der Waals surface area contributed by atoms with Gasteiger partial charge in [0.15, 0.2) is 0 Å². The van der Waals surface area contributed by atoms with Crippen molar-refractivity contribution in [1.82, 2.24) is 0 Å². The lowest BCUT2D eigenvalue weighted by molar-refractivity contribution is -0.114. The number of rotatable bonds is 3. The molecule has 0 unspecified atom stereocenters. The maximum absolute atomic E-state index is 12.8. The van der Waals surface area contributed by atoms with Crippen LogP contribution in [0.4, 0.5) is 5.69 Å². The van der Waals surface area contributed by atoms with Gasteiger partial charge in [-0.2, -0.15) is 10.1 Å². The number of aryl methyl sites for hydroxylation is 2. The summed E-state index contributed by atoms with van der Waals surface area (Å²) >= 11 is 3.47. The van der Waals surface area contributed by atoms with E-state index in [9.17, 15) is 4.79 Å². The molecule has 0 radical (unpaired) electrons. The third kappa shape index (κ3) is 3.37. The number of anilines is 1. The number of amides is 1. The van der Waals surface area contributed by atoms with Gasteiger partial charge in [-0.25, -0.2) is 0 Å². The number of ether oxygens (including phenoxy) is 1. The van der Waals surface area contributed by atoms with Crippen molar-refractivity contribution in [3.05, 3.63) is 63.1 Å². The Morgan fingerprint density at radius 1 is 1.08 bits per heavy atom. The standard InChI is InChI=1S/C20H19BrN2O2/c1-12-5-7-16(9-13(12)2)23-20(24)17(14(3)22-23)10-15-6-8-19(25-4)18(21)11-15/h5-11H,1-4H3/b17-10-. The second-order valence-electron chi connectivity index (χ2n) is 6.02. The summed E-state index contributed by atoms with van der Waals surface area (Å²) < 4.78 is 6.08. The van der Waals surface area contributed by atoms with Gasteiger partial charge >= 0.3 is 0 Å². The number of carbonyl (C=O) groups excluding carboxylic acids is 1. The van der Waals surface area contributed by atoms with Crippen LogP contribution in [0.5, 0.6) is 5.75 Å². The van der Waals surface area contributed by atoms with E-state index < -0.39 is 0 Å². The van der Waals surface area contributed by atoms with Crippen LogP contribution in [0.1, 0.15) is 23.6 Å². The Morgan fingerprint density at radius 3 is 2.48 bits per heavy atom. The highest BCUT2D eigenvalue weighted by molar-refractivity contribution is 9.10. The van der Waals surface area contributed by atoms with E-state index in [-0.39, 0.29) is 5.91 Å². The molecule has 2 aromatic carbocycles. The Morgan fingerprint density at radius 2 is 1.84 bits per heavy atom. The smallest absolute Gasteiger partial charge is 0.280 e. The van der Waals surface area contributed by atoms with E-state index in [1.54, 1.807) is 7.11 Å². The molecule has 0 spiro atoms. The van der Waals surface area contributed by atoms with Gasteiger partial charge in [0, 0.05) is 0 Å². The topological polar surface area (TPSA) is 41.9 Å². The van der Waals surface area contributed by atoms with E-state index in [0.717, 1.165) is 27.0 Å². The second-order valence-corrected chi connectivity index (χ2v) is 6.88. The average Bonchev–Trinajstić information content (AvgIpc) is 2.86. The monoisotopic (exact) mass is 398 g/mol. The minimum Gasteiger partial charge on any atom is -0.496 e. The maximum Gasteiger partial charge on any atom is 0.280 e. The van der Waals surface area contributed by atoms with Gasteiger partial charge in [-0.3, -0.25) is 4.79 Å². The highest BCUT2D eigenvalue weighted by atomic mass is 79.9. The number of hydrogen-bond acceptors (Lipinski definition) is 3. The van der Waals surface area contributed by atoms with Crippen LogP contribution in [0.3, 0.4) is 0 Å². The zero-order chi connectivity index (χ0) is 18.1. The van der Waals surface area contributed by atoms with Gasteiger partial charge in [0.05, 0.1) is 28.6 Å². The van der Waals surface area contributed by atoms with Crippen molar-refractivity contribution in [3.8, 4) is 5.75 Å². The fourth-order valence-corrected chi connectivity index (χ4v) is 3.21. The Bertz CT molecular complexity index is 916. The lowest BCUT2D eigenvalue weighted by atomic mass is 10.1. The van der Waals surface area contributed by atoms with E-state index in [1.807, 2.05) is 63.2 Å². The molecule has 0 atom stereocenters. The molecule has 1 aliphatic rings. The van der Waals surface area contributed by atoms with E-state index in [4.69, 9.17) is 4.74 Å². The van der Waals surface area contributed by atoms with Gasteiger partial charge in [-0.05, 0) is 83.7 Å². The SMILES string of the molecule is COc1ccc(/C=C2\C(=O)N(c3ccc(C)c(C)c3)N=C2C)cc1Br. The minimum atomic E-state index is -0.118. The summed E-state index contributed by atoms with van der Waals surface area (Å²) in [5.74, 6) is 0.634. The van der Waals surface area contributed by atoms with Gasteiger partial charge in [0.25, 0.3) is 5.91 Å². The van der Waals surface area contributed by atoms with Crippen LogP contribution in [0.15, 0.2) is 51.5 Å². The Labute approximate surface area is 155 Å². The molecule has 2 aromatic rings. The number of benzene rings is 2. The molecule has 0 aromatic heterocycles. The summed E-state index contributed by atoms with van der Waals surface area (Å²) in [6, 6.07) is 11.6. The largest absolute Gasteiger partial charge is 0.496 e. The quantitative estimate of drug-likeness (QED) is 0.691. The molecule has 5 heteroatoms. The van der Waals surface area contributed by atoms with Crippen molar-refractivity contribution in [2.24, 2.45) is 5.10 Å². The van der Waals surface area contributed by atoms with E-state index >= 15 is 0 Å². The van der Waals surface area contributed by atoms with E-state index in [1.165, 1.54) is 10.6 Å². The molecular weight excluding hydrogens is 380 g/mol. The third-order valence-corrected chi connectivity index (χ3v) is 4.90. The first-order valence-electron chi connectivity index (χ1n) is 7.93. The van der Waals surface area contributed by atoms with Crippen LogP contribution < -0.4 is 9.75 Å². The van der Waals surface area contributed by atoms with Crippen LogP contribution in [0, 0.1) is 13.8 Å². The predicted molar refractivity (Wildman–Crippen MR) is 105 cm³/mol. The number of carbonyl (C=O) groups is 1. The lowest BCUT2D eigenvalue weighted by Gasteiger charge is -2.13. The van der Waals surface area contributed by atoms with E-state index in [0.29, 0.717) is 11.3 Å². The molecule has 0 saturated carbocycles. The summed E-state index contributed by atoms with van der Waals surface area (Å²) in [4.78, 5) is 12.8. The number of nitrogens with zero attached hydrogens (tertiary/aromatic N) is 2. The number of methoxy groups -OCH3 is 1. The molecule has 1 amide bonds. The highest BCUT2D eigenvalue weighted by Gasteiger charge is 2.28. The normalized spacial score (nSPS) is 15.7. The number of hydrazone groups is 1. The molecule has 0 aliphatic carbocycles. The van der Waals surface area contributed by atoms with Crippen LogP contribution in [-0.2, 0) is 4.79 Å². The van der Waals surface area contributed by atoms with Crippen LogP contribution in [0.25, 0.3) is 6.08 Å². The first kappa shape index (κ1) is 17.4.